The van der Waals surface area contributed by atoms with Gasteiger partial charge in [-0.05, 0) is 90.6 Å². The van der Waals surface area contributed by atoms with E-state index in [0.29, 0.717) is 50.4 Å². The van der Waals surface area contributed by atoms with Crippen LogP contribution >= 0.6 is 11.3 Å². The van der Waals surface area contributed by atoms with E-state index in [1.165, 1.54) is 16.3 Å². The van der Waals surface area contributed by atoms with E-state index in [-0.39, 0.29) is 30.8 Å². The molecule has 2 N–H and O–H groups in total. The number of carbonyl (C=O) groups excluding carboxylic acids is 3. The summed E-state index contributed by atoms with van der Waals surface area (Å²) in [6, 6.07) is 6.98. The van der Waals surface area contributed by atoms with Crippen LogP contribution in [0.3, 0.4) is 0 Å². The summed E-state index contributed by atoms with van der Waals surface area (Å²) in [7, 11) is 3.89. The van der Waals surface area contributed by atoms with Crippen molar-refractivity contribution in [1.82, 2.24) is 35.2 Å². The van der Waals surface area contributed by atoms with E-state index in [2.05, 4.69) is 70.3 Å². The maximum Gasteiger partial charge on any atom is 0.324 e. The normalized spacial score (nSPS) is 22.7. The molecule has 16 heteroatoms. The SMILES string of the molecule is CCO[C@@H]1c2nc(cs2)-c2ccc3c(c2)c(c(-c2cc(N4CCN(C)CC4)cnc2[C@H](C)OC)n3CCOC(C)C)CC2(CC2)COC(=O)[C@@H]2CCCN(N2)C(=O)[C@H]1NC=O. The molecule has 1 saturated carbocycles. The Morgan fingerprint density at radius 2 is 1.92 bits per heavy atom. The second kappa shape index (κ2) is 18.5. The van der Waals surface area contributed by atoms with Gasteiger partial charge in [-0.15, -0.1) is 11.3 Å². The van der Waals surface area contributed by atoms with Crippen LogP contribution in [-0.2, 0) is 46.3 Å². The first kappa shape index (κ1) is 43.2. The van der Waals surface area contributed by atoms with E-state index in [1.807, 2.05) is 25.4 Å². The van der Waals surface area contributed by atoms with Gasteiger partial charge in [-0.25, -0.2) is 10.4 Å². The number of nitrogens with zero attached hydrogens (tertiary/aromatic N) is 6. The zero-order valence-electron chi connectivity index (χ0n) is 36.3. The molecule has 2 saturated heterocycles. The Kier molecular flexibility index (Phi) is 13.1. The minimum Gasteiger partial charge on any atom is -0.464 e. The third kappa shape index (κ3) is 9.07. The van der Waals surface area contributed by atoms with Crippen LogP contribution in [0.2, 0.25) is 0 Å². The molecular formula is C45H60N8O7S. The highest BCUT2D eigenvalue weighted by Crippen LogP contribution is 2.52. The molecule has 15 nitrogen and oxygen atoms in total. The van der Waals surface area contributed by atoms with Crippen LogP contribution < -0.4 is 15.6 Å². The van der Waals surface area contributed by atoms with Gasteiger partial charge in [0.2, 0.25) is 6.41 Å². The lowest BCUT2D eigenvalue weighted by atomic mass is 9.91. The first-order valence-electron chi connectivity index (χ1n) is 21.8. The standard InChI is InChI=1S/C45H60N8O7S/c1-7-58-41-39(47-27-54)43(55)53-14-8-9-35(49-53)44(56)60-26-45(12-13-45)23-34-32-21-30(36-25-61-42(41)48-36)10-11-37(32)52(19-20-59-28(2)3)40(34)33-22-31(24-46-38(33)29(4)57-6)51-17-15-50(5)16-18-51/h10-11,21-22,24-25,27-29,35,39,41,49H,7-9,12-20,23,26H2,1-6H3,(H,47,54)/t29-,35-,39-,41-/m0/s1. The third-order valence-corrected chi connectivity index (χ3v) is 13.6. The molecule has 1 spiro atoms. The molecule has 4 atom stereocenters. The summed E-state index contributed by atoms with van der Waals surface area (Å²) in [6.45, 7) is 13.8. The summed E-state index contributed by atoms with van der Waals surface area (Å²) in [5.74, 6) is -0.805. The minimum atomic E-state index is -1.08. The monoisotopic (exact) mass is 856 g/mol. The first-order valence-corrected chi connectivity index (χ1v) is 22.7. The molecule has 3 aromatic heterocycles. The van der Waals surface area contributed by atoms with Crippen LogP contribution in [0.1, 0.15) is 81.9 Å². The Morgan fingerprint density at radius 1 is 1.11 bits per heavy atom. The van der Waals surface area contributed by atoms with Gasteiger partial charge in [-0.3, -0.25) is 24.4 Å². The molecule has 328 valence electrons. The number of esters is 1. The lowest BCUT2D eigenvalue weighted by Crippen LogP contribution is -2.60. The second-order valence-electron chi connectivity index (χ2n) is 17.2. The maximum atomic E-state index is 14.1. The van der Waals surface area contributed by atoms with E-state index < -0.39 is 30.1 Å². The molecule has 4 aliphatic rings. The van der Waals surface area contributed by atoms with Gasteiger partial charge in [0.1, 0.15) is 23.2 Å². The Labute approximate surface area is 362 Å². The Morgan fingerprint density at radius 3 is 2.64 bits per heavy atom. The fourth-order valence-electron chi connectivity index (χ4n) is 8.94. The highest BCUT2D eigenvalue weighted by Gasteiger charge is 2.46. The van der Waals surface area contributed by atoms with Crippen LogP contribution in [-0.4, -0.2) is 128 Å². The van der Waals surface area contributed by atoms with Crippen LogP contribution in [0.5, 0.6) is 0 Å². The Balaban J connectivity index is 1.33. The van der Waals surface area contributed by atoms with E-state index >= 15 is 0 Å². The van der Waals surface area contributed by atoms with E-state index in [1.54, 1.807) is 7.11 Å². The first-order chi connectivity index (χ1) is 29.5. The van der Waals surface area contributed by atoms with Gasteiger partial charge in [-0.1, -0.05) is 6.07 Å². The highest BCUT2D eigenvalue weighted by atomic mass is 32.1. The summed E-state index contributed by atoms with van der Waals surface area (Å²) in [4.78, 5) is 55.0. The molecule has 3 fully saturated rings. The molecule has 0 radical (unpaired) electrons. The van der Waals surface area contributed by atoms with Crippen LogP contribution in [0.15, 0.2) is 35.8 Å². The van der Waals surface area contributed by atoms with Gasteiger partial charge in [0.25, 0.3) is 5.91 Å². The summed E-state index contributed by atoms with van der Waals surface area (Å²) in [5, 5.41) is 7.76. The summed E-state index contributed by atoms with van der Waals surface area (Å²) in [5.41, 5.74) is 10.7. The van der Waals surface area contributed by atoms with E-state index in [4.69, 9.17) is 28.9 Å². The molecule has 61 heavy (non-hydrogen) atoms. The van der Waals surface area contributed by atoms with Crippen molar-refractivity contribution in [2.75, 3.05) is 71.6 Å². The highest BCUT2D eigenvalue weighted by molar-refractivity contribution is 7.10. The Bertz CT molecular complexity index is 2210. The number of thiazole rings is 1. The molecule has 1 aromatic carbocycles. The van der Waals surface area contributed by atoms with Gasteiger partial charge < -0.3 is 38.6 Å². The number of rotatable bonds is 12. The minimum absolute atomic E-state index is 0.0600. The molecule has 8 rings (SSSR count). The predicted molar refractivity (Wildman–Crippen MR) is 234 cm³/mol. The smallest absolute Gasteiger partial charge is 0.324 e. The molecular weight excluding hydrogens is 797 g/mol. The number of hydrazine groups is 1. The zero-order valence-corrected chi connectivity index (χ0v) is 37.1. The summed E-state index contributed by atoms with van der Waals surface area (Å²) < 4.78 is 27.0. The molecule has 0 unspecified atom stereocenters. The van der Waals surface area contributed by atoms with Crippen LogP contribution in [0, 0.1) is 5.41 Å². The van der Waals surface area contributed by atoms with Gasteiger partial charge in [-0.2, -0.15) is 0 Å². The fraction of sp³-hybridized carbons (Fsp3) is 0.578. The lowest BCUT2D eigenvalue weighted by Gasteiger charge is -2.36. The number of carbonyl (C=O) groups is 3. The van der Waals surface area contributed by atoms with Gasteiger partial charge >= 0.3 is 5.97 Å². The second-order valence-corrected chi connectivity index (χ2v) is 18.1. The number of hydrogen-bond acceptors (Lipinski definition) is 13. The number of ether oxygens (including phenoxy) is 4. The number of benzene rings is 1. The van der Waals surface area contributed by atoms with Crippen molar-refractivity contribution in [2.24, 2.45) is 5.41 Å². The van der Waals surface area contributed by atoms with Crippen LogP contribution in [0.4, 0.5) is 5.69 Å². The average molecular weight is 857 g/mol. The van der Waals surface area contributed by atoms with Crippen molar-refractivity contribution >= 4 is 46.2 Å². The van der Waals surface area contributed by atoms with E-state index in [9.17, 15) is 14.4 Å². The number of amides is 2. The topological polar surface area (TPSA) is 153 Å². The maximum absolute atomic E-state index is 14.1. The number of nitrogens with one attached hydrogen (secondary N) is 2. The average Bonchev–Trinajstić information content (AvgIpc) is 3.74. The van der Waals surface area contributed by atoms with Gasteiger partial charge in [0.15, 0.2) is 0 Å². The summed E-state index contributed by atoms with van der Waals surface area (Å²) >= 11 is 1.39. The number of hydrogen-bond donors (Lipinski definition) is 2. The number of fused-ring (bicyclic) bond motifs is 6. The van der Waals surface area contributed by atoms with Crippen molar-refractivity contribution in [3.8, 4) is 22.5 Å². The number of piperazine rings is 1. The van der Waals surface area contributed by atoms with Crippen molar-refractivity contribution in [1.29, 1.82) is 0 Å². The molecule has 1 aliphatic carbocycles. The number of methoxy groups -OCH3 is 1. The Hall–Kier alpha value is -4.45. The summed E-state index contributed by atoms with van der Waals surface area (Å²) in [6.07, 6.45) is 4.99. The van der Waals surface area contributed by atoms with Crippen LogP contribution in [0.25, 0.3) is 33.4 Å². The number of likely N-dealkylation sites (N-methyl/N-ethyl adjacent to an activating group) is 1. The van der Waals surface area contributed by atoms with Crippen molar-refractivity contribution in [3.05, 3.63) is 52.1 Å². The van der Waals surface area contributed by atoms with Crippen molar-refractivity contribution in [3.63, 3.8) is 0 Å². The van der Waals surface area contributed by atoms with Crippen molar-refractivity contribution < 1.29 is 33.3 Å². The number of cyclic esters (lactones) is 1. The third-order valence-electron chi connectivity index (χ3n) is 12.7. The predicted octanol–water partition coefficient (Wildman–Crippen LogP) is 5.28. The number of anilines is 1. The van der Waals surface area contributed by atoms with E-state index in [0.717, 1.165) is 89.4 Å². The van der Waals surface area contributed by atoms with Crippen molar-refractivity contribution in [2.45, 2.75) is 96.7 Å². The van der Waals surface area contributed by atoms with Gasteiger partial charge in [0.05, 0.1) is 54.4 Å². The quantitative estimate of drug-likeness (QED) is 0.141. The molecule has 2 amide bonds. The molecule has 6 bridgehead atoms. The molecule has 3 aliphatic heterocycles. The molecule has 4 aromatic rings. The largest absolute Gasteiger partial charge is 0.464 e. The number of aromatic nitrogens is 3. The zero-order chi connectivity index (χ0) is 42.8. The molecule has 6 heterocycles. The van der Waals surface area contributed by atoms with Gasteiger partial charge in [0, 0.05) is 85.8 Å². The lowest BCUT2D eigenvalue weighted by molar-refractivity contribution is -0.155. The fourth-order valence-corrected chi connectivity index (χ4v) is 9.85. The number of pyridine rings is 1.